The molecule has 2 nitrogen and oxygen atoms in total. The second-order valence-electron chi connectivity index (χ2n) is 4.76. The summed E-state index contributed by atoms with van der Waals surface area (Å²) in [7, 11) is 0. The first-order valence-corrected chi connectivity index (χ1v) is 5.92. The van der Waals surface area contributed by atoms with Crippen LogP contribution in [0.25, 0.3) is 0 Å². The Hall–Kier alpha value is -0.890. The van der Waals surface area contributed by atoms with Crippen molar-refractivity contribution in [2.75, 3.05) is 0 Å². The molecule has 1 aromatic rings. The van der Waals surface area contributed by atoms with Gasteiger partial charge in [0, 0.05) is 18.3 Å². The van der Waals surface area contributed by atoms with E-state index < -0.39 is 0 Å². The van der Waals surface area contributed by atoms with Crippen LogP contribution in [0.2, 0.25) is 0 Å². The molecule has 0 aliphatic heterocycles. The third kappa shape index (κ3) is 2.78. The van der Waals surface area contributed by atoms with Crippen LogP contribution in [0.15, 0.2) is 24.4 Å². The molecule has 1 heterocycles. The molecule has 1 saturated carbocycles. The molecule has 0 saturated heterocycles. The van der Waals surface area contributed by atoms with E-state index in [9.17, 15) is 0 Å². The first-order valence-electron chi connectivity index (χ1n) is 5.92. The first-order chi connectivity index (χ1) is 7.25. The largest absolute Gasteiger partial charge is 0.306 e. The van der Waals surface area contributed by atoms with Gasteiger partial charge in [0.2, 0.25) is 0 Å². The summed E-state index contributed by atoms with van der Waals surface area (Å²) in [6, 6.07) is 7.18. The Morgan fingerprint density at radius 3 is 2.87 bits per heavy atom. The van der Waals surface area contributed by atoms with Crippen LogP contribution in [0.1, 0.15) is 44.8 Å². The molecule has 3 atom stereocenters. The van der Waals surface area contributed by atoms with Gasteiger partial charge in [-0.25, -0.2) is 0 Å². The number of rotatable bonds is 3. The molecule has 0 spiro atoms. The van der Waals surface area contributed by atoms with Crippen LogP contribution in [0.4, 0.5) is 0 Å². The van der Waals surface area contributed by atoms with Gasteiger partial charge in [0.1, 0.15) is 0 Å². The van der Waals surface area contributed by atoms with Gasteiger partial charge in [0.25, 0.3) is 0 Å². The summed E-state index contributed by atoms with van der Waals surface area (Å²) in [5.74, 6) is 0.887. The van der Waals surface area contributed by atoms with Crippen LogP contribution in [0, 0.1) is 5.92 Å². The zero-order valence-corrected chi connectivity index (χ0v) is 9.61. The predicted octanol–water partition coefficient (Wildman–Crippen LogP) is 2.92. The Bertz CT molecular complexity index is 297. The van der Waals surface area contributed by atoms with E-state index in [-0.39, 0.29) is 0 Å². The fourth-order valence-corrected chi connectivity index (χ4v) is 2.43. The zero-order valence-electron chi connectivity index (χ0n) is 9.61. The fourth-order valence-electron chi connectivity index (χ4n) is 2.43. The minimum absolute atomic E-state index is 0.376. The molecule has 0 radical (unpaired) electrons. The highest BCUT2D eigenvalue weighted by atomic mass is 15.0. The third-order valence-corrected chi connectivity index (χ3v) is 3.31. The zero-order chi connectivity index (χ0) is 10.7. The highest BCUT2D eigenvalue weighted by Gasteiger charge is 2.22. The predicted molar refractivity (Wildman–Crippen MR) is 62.6 cm³/mol. The van der Waals surface area contributed by atoms with Gasteiger partial charge in [0.15, 0.2) is 0 Å². The highest BCUT2D eigenvalue weighted by molar-refractivity contribution is 5.08. The van der Waals surface area contributed by atoms with E-state index in [0.29, 0.717) is 12.1 Å². The fraction of sp³-hybridized carbons (Fsp3) is 0.615. The second-order valence-corrected chi connectivity index (χ2v) is 4.76. The van der Waals surface area contributed by atoms with Crippen LogP contribution in [0.3, 0.4) is 0 Å². The number of hydrogen-bond acceptors (Lipinski definition) is 2. The highest BCUT2D eigenvalue weighted by Crippen LogP contribution is 2.26. The van der Waals surface area contributed by atoms with Gasteiger partial charge in [-0.2, -0.15) is 0 Å². The van der Waals surface area contributed by atoms with E-state index in [1.807, 2.05) is 12.3 Å². The summed E-state index contributed by atoms with van der Waals surface area (Å²) in [4.78, 5) is 4.38. The van der Waals surface area contributed by atoms with Crippen molar-refractivity contribution in [3.05, 3.63) is 30.1 Å². The van der Waals surface area contributed by atoms with Crippen LogP contribution < -0.4 is 5.32 Å². The quantitative estimate of drug-likeness (QED) is 0.819. The van der Waals surface area contributed by atoms with Gasteiger partial charge >= 0.3 is 0 Å². The molecule has 2 heteroatoms. The van der Waals surface area contributed by atoms with Crippen molar-refractivity contribution in [1.82, 2.24) is 10.3 Å². The van der Waals surface area contributed by atoms with Crippen molar-refractivity contribution in [1.29, 1.82) is 0 Å². The van der Waals surface area contributed by atoms with E-state index >= 15 is 0 Å². The van der Waals surface area contributed by atoms with Gasteiger partial charge in [-0.3, -0.25) is 4.98 Å². The summed E-state index contributed by atoms with van der Waals surface area (Å²) >= 11 is 0. The molecule has 0 aromatic carbocycles. The van der Waals surface area contributed by atoms with Crippen molar-refractivity contribution < 1.29 is 0 Å². The molecule has 1 aliphatic carbocycles. The summed E-state index contributed by atoms with van der Waals surface area (Å²) < 4.78 is 0. The van der Waals surface area contributed by atoms with Gasteiger partial charge in [0.05, 0.1) is 5.69 Å². The molecule has 1 aliphatic rings. The smallest absolute Gasteiger partial charge is 0.0570 e. The van der Waals surface area contributed by atoms with Gasteiger partial charge in [-0.1, -0.05) is 13.0 Å². The molecular weight excluding hydrogens is 184 g/mol. The van der Waals surface area contributed by atoms with E-state index in [4.69, 9.17) is 0 Å². The average Bonchev–Trinajstić information content (AvgIpc) is 2.65. The van der Waals surface area contributed by atoms with E-state index in [0.717, 1.165) is 11.6 Å². The van der Waals surface area contributed by atoms with Crippen molar-refractivity contribution in [3.63, 3.8) is 0 Å². The lowest BCUT2D eigenvalue weighted by atomic mass is 10.1. The van der Waals surface area contributed by atoms with Crippen LogP contribution in [-0.2, 0) is 0 Å². The summed E-state index contributed by atoms with van der Waals surface area (Å²) in [6.07, 6.45) is 5.87. The van der Waals surface area contributed by atoms with E-state index in [2.05, 4.69) is 36.3 Å². The Balaban J connectivity index is 1.90. The van der Waals surface area contributed by atoms with Crippen LogP contribution in [-0.4, -0.2) is 11.0 Å². The molecule has 0 amide bonds. The molecule has 1 N–H and O–H groups in total. The maximum absolute atomic E-state index is 4.38. The Morgan fingerprint density at radius 2 is 2.27 bits per heavy atom. The number of aromatic nitrogens is 1. The standard InChI is InChI=1S/C13H20N2/c1-10-6-7-12(9-10)15-11(2)13-5-3-4-8-14-13/h3-5,8,10-12,15H,6-7,9H2,1-2H3/t10-,11-,12-/m0/s1. The molecule has 0 unspecified atom stereocenters. The first kappa shape index (κ1) is 10.6. The lowest BCUT2D eigenvalue weighted by molar-refractivity contribution is 0.443. The second kappa shape index (κ2) is 4.75. The van der Waals surface area contributed by atoms with E-state index in [1.54, 1.807) is 0 Å². The number of nitrogens with zero attached hydrogens (tertiary/aromatic N) is 1. The minimum Gasteiger partial charge on any atom is -0.306 e. The van der Waals surface area contributed by atoms with Gasteiger partial charge in [-0.15, -0.1) is 0 Å². The van der Waals surface area contributed by atoms with E-state index in [1.165, 1.54) is 19.3 Å². The normalized spacial score (nSPS) is 27.9. The topological polar surface area (TPSA) is 24.9 Å². The number of hydrogen-bond donors (Lipinski definition) is 1. The summed E-state index contributed by atoms with van der Waals surface area (Å²) in [6.45, 7) is 4.54. The van der Waals surface area contributed by atoms with Gasteiger partial charge in [-0.05, 0) is 44.2 Å². The van der Waals surface area contributed by atoms with Crippen molar-refractivity contribution >= 4 is 0 Å². The molecule has 0 bridgehead atoms. The lowest BCUT2D eigenvalue weighted by Gasteiger charge is -2.18. The molecule has 15 heavy (non-hydrogen) atoms. The van der Waals surface area contributed by atoms with Crippen molar-refractivity contribution in [2.45, 2.75) is 45.2 Å². The third-order valence-electron chi connectivity index (χ3n) is 3.31. The Kier molecular flexibility index (Phi) is 3.37. The maximum Gasteiger partial charge on any atom is 0.0570 e. The summed E-state index contributed by atoms with van der Waals surface area (Å²) in [5.41, 5.74) is 1.15. The van der Waals surface area contributed by atoms with Crippen LogP contribution >= 0.6 is 0 Å². The molecular formula is C13H20N2. The minimum atomic E-state index is 0.376. The van der Waals surface area contributed by atoms with Crippen LogP contribution in [0.5, 0.6) is 0 Å². The van der Waals surface area contributed by atoms with Crippen molar-refractivity contribution in [2.24, 2.45) is 5.92 Å². The number of nitrogens with one attached hydrogen (secondary N) is 1. The SMILES string of the molecule is C[C@H]1CC[C@H](N[C@@H](C)c2ccccn2)C1. The maximum atomic E-state index is 4.38. The Morgan fingerprint density at radius 1 is 1.40 bits per heavy atom. The monoisotopic (exact) mass is 204 g/mol. The Labute approximate surface area is 92.1 Å². The van der Waals surface area contributed by atoms with Gasteiger partial charge < -0.3 is 5.32 Å². The molecule has 82 valence electrons. The molecule has 2 rings (SSSR count). The average molecular weight is 204 g/mol. The molecule has 1 aromatic heterocycles. The lowest BCUT2D eigenvalue weighted by Crippen LogP contribution is -2.29. The summed E-state index contributed by atoms with van der Waals surface area (Å²) in [5, 5.41) is 3.66. The molecule has 1 fully saturated rings. The van der Waals surface area contributed by atoms with Crippen molar-refractivity contribution in [3.8, 4) is 0 Å². The number of pyridine rings is 1.